The van der Waals surface area contributed by atoms with Crippen molar-refractivity contribution in [2.45, 2.75) is 38.6 Å². The zero-order chi connectivity index (χ0) is 19.5. The van der Waals surface area contributed by atoms with Crippen LogP contribution in [0.2, 0.25) is 0 Å². The summed E-state index contributed by atoms with van der Waals surface area (Å²) in [7, 11) is 0. The first-order valence-corrected chi connectivity index (χ1v) is 9.70. The summed E-state index contributed by atoms with van der Waals surface area (Å²) in [6.07, 6.45) is 4.72. The van der Waals surface area contributed by atoms with E-state index in [4.69, 9.17) is 0 Å². The molecule has 1 N–H and O–H groups in total. The van der Waals surface area contributed by atoms with Crippen molar-refractivity contribution >= 4 is 5.91 Å². The van der Waals surface area contributed by atoms with Gasteiger partial charge in [-0.1, -0.05) is 36.4 Å². The lowest BCUT2D eigenvalue weighted by molar-refractivity contribution is 0.0933. The van der Waals surface area contributed by atoms with E-state index in [1.54, 1.807) is 12.1 Å². The summed E-state index contributed by atoms with van der Waals surface area (Å²) in [5.41, 5.74) is 4.47. The predicted octanol–water partition coefficient (Wildman–Crippen LogP) is 3.60. The number of fused-ring (bicyclic) bond motifs is 1. The van der Waals surface area contributed by atoms with Gasteiger partial charge in [0.25, 0.3) is 11.5 Å². The van der Waals surface area contributed by atoms with Crippen molar-refractivity contribution in [2.75, 3.05) is 0 Å². The molecule has 1 aliphatic carbocycles. The first kappa shape index (κ1) is 18.2. The summed E-state index contributed by atoms with van der Waals surface area (Å²) in [4.78, 5) is 24.9. The highest BCUT2D eigenvalue weighted by molar-refractivity contribution is 5.92. The number of amides is 1. The fourth-order valence-electron chi connectivity index (χ4n) is 3.66. The smallest absolute Gasteiger partial charge is 0.272 e. The minimum atomic E-state index is -0.296. The molecule has 3 aromatic rings. The SMILES string of the molecule is CC(NC(=O)c1ccc(=O)n(-c2ccccc2)n1)c1ccc2c(c1)CCCC2. The lowest BCUT2D eigenvalue weighted by Crippen LogP contribution is -2.30. The third kappa shape index (κ3) is 3.74. The number of hydrogen-bond donors (Lipinski definition) is 1. The van der Waals surface area contributed by atoms with E-state index in [0.717, 1.165) is 18.4 Å². The van der Waals surface area contributed by atoms with Crippen LogP contribution in [0.5, 0.6) is 0 Å². The van der Waals surface area contributed by atoms with Gasteiger partial charge in [0.1, 0.15) is 5.69 Å². The summed E-state index contributed by atoms with van der Waals surface area (Å²) in [5, 5.41) is 7.25. The molecule has 0 saturated heterocycles. The number of carbonyl (C=O) groups excluding carboxylic acids is 1. The molecule has 1 unspecified atom stereocenters. The van der Waals surface area contributed by atoms with E-state index in [1.165, 1.54) is 40.8 Å². The van der Waals surface area contributed by atoms with Crippen LogP contribution in [0.3, 0.4) is 0 Å². The third-order valence-electron chi connectivity index (χ3n) is 5.25. The molecule has 28 heavy (non-hydrogen) atoms. The number of para-hydroxylation sites is 1. The maximum absolute atomic E-state index is 12.7. The number of nitrogens with one attached hydrogen (secondary N) is 1. The molecule has 0 fully saturated rings. The molecule has 1 aromatic heterocycles. The first-order valence-electron chi connectivity index (χ1n) is 9.70. The summed E-state index contributed by atoms with van der Waals surface area (Å²) in [6, 6.07) is 18.3. The molecule has 0 bridgehead atoms. The van der Waals surface area contributed by atoms with Gasteiger partial charge in [0.2, 0.25) is 0 Å². The van der Waals surface area contributed by atoms with Crippen molar-refractivity contribution in [3.63, 3.8) is 0 Å². The molecular formula is C23H23N3O2. The van der Waals surface area contributed by atoms with Gasteiger partial charge in [0.15, 0.2) is 0 Å². The number of aromatic nitrogens is 2. The highest BCUT2D eigenvalue weighted by atomic mass is 16.2. The van der Waals surface area contributed by atoms with Gasteiger partial charge in [-0.3, -0.25) is 9.59 Å². The molecule has 5 nitrogen and oxygen atoms in total. The maximum atomic E-state index is 12.7. The predicted molar refractivity (Wildman–Crippen MR) is 109 cm³/mol. The minimum Gasteiger partial charge on any atom is -0.344 e. The molecule has 1 heterocycles. The summed E-state index contributed by atoms with van der Waals surface area (Å²) in [5.74, 6) is -0.296. The topological polar surface area (TPSA) is 64.0 Å². The molecule has 5 heteroatoms. The van der Waals surface area contributed by atoms with Gasteiger partial charge in [0, 0.05) is 6.07 Å². The molecule has 1 aliphatic rings. The van der Waals surface area contributed by atoms with Crippen LogP contribution in [0, 0.1) is 0 Å². The second-order valence-electron chi connectivity index (χ2n) is 7.23. The van der Waals surface area contributed by atoms with Gasteiger partial charge in [-0.2, -0.15) is 9.78 Å². The number of benzene rings is 2. The van der Waals surface area contributed by atoms with E-state index in [2.05, 4.69) is 28.6 Å². The fraction of sp³-hybridized carbons (Fsp3) is 0.261. The maximum Gasteiger partial charge on any atom is 0.272 e. The van der Waals surface area contributed by atoms with Crippen LogP contribution in [-0.2, 0) is 12.8 Å². The Morgan fingerprint density at radius 2 is 1.75 bits per heavy atom. The summed E-state index contributed by atoms with van der Waals surface area (Å²) >= 11 is 0. The van der Waals surface area contributed by atoms with Crippen LogP contribution in [0.4, 0.5) is 0 Å². The standard InChI is InChI=1S/C23H23N3O2/c1-16(18-12-11-17-7-5-6-8-19(17)15-18)24-23(28)21-13-14-22(27)26(25-21)20-9-3-2-4-10-20/h2-4,9-16H,5-8H2,1H3,(H,24,28). The van der Waals surface area contributed by atoms with Crippen LogP contribution >= 0.6 is 0 Å². The van der Waals surface area contributed by atoms with Gasteiger partial charge in [-0.25, -0.2) is 0 Å². The minimum absolute atomic E-state index is 0.140. The average Bonchev–Trinajstić information content (AvgIpc) is 2.74. The van der Waals surface area contributed by atoms with E-state index in [0.29, 0.717) is 5.69 Å². The van der Waals surface area contributed by atoms with Crippen molar-refractivity contribution in [1.29, 1.82) is 0 Å². The molecule has 2 aromatic carbocycles. The Balaban J connectivity index is 1.54. The molecule has 1 amide bonds. The highest BCUT2D eigenvalue weighted by Gasteiger charge is 2.16. The second-order valence-corrected chi connectivity index (χ2v) is 7.23. The van der Waals surface area contributed by atoms with E-state index >= 15 is 0 Å². The quantitative estimate of drug-likeness (QED) is 0.760. The molecule has 142 valence electrons. The van der Waals surface area contributed by atoms with Crippen molar-refractivity contribution in [3.05, 3.63) is 93.4 Å². The monoisotopic (exact) mass is 373 g/mol. The molecule has 1 atom stereocenters. The van der Waals surface area contributed by atoms with Crippen molar-refractivity contribution in [1.82, 2.24) is 15.1 Å². The van der Waals surface area contributed by atoms with Gasteiger partial charge in [-0.05, 0) is 67.5 Å². The zero-order valence-electron chi connectivity index (χ0n) is 15.9. The number of carbonyl (C=O) groups is 1. The molecule has 0 saturated carbocycles. The van der Waals surface area contributed by atoms with Crippen LogP contribution in [0.15, 0.2) is 65.5 Å². The highest BCUT2D eigenvalue weighted by Crippen LogP contribution is 2.24. The normalized spacial score (nSPS) is 14.2. The van der Waals surface area contributed by atoms with Gasteiger partial charge >= 0.3 is 0 Å². The van der Waals surface area contributed by atoms with Gasteiger partial charge in [0.05, 0.1) is 11.7 Å². The Morgan fingerprint density at radius 1 is 1.00 bits per heavy atom. The summed E-state index contributed by atoms with van der Waals surface area (Å²) < 4.78 is 1.25. The zero-order valence-corrected chi connectivity index (χ0v) is 15.9. The average molecular weight is 373 g/mol. The van der Waals surface area contributed by atoms with Gasteiger partial charge < -0.3 is 5.32 Å². The van der Waals surface area contributed by atoms with E-state index in [1.807, 2.05) is 25.1 Å². The Kier molecular flexibility index (Phi) is 5.06. The van der Waals surface area contributed by atoms with Crippen molar-refractivity contribution < 1.29 is 4.79 Å². The van der Waals surface area contributed by atoms with Crippen LogP contribution in [-0.4, -0.2) is 15.7 Å². The lowest BCUT2D eigenvalue weighted by atomic mass is 9.89. The fourth-order valence-corrected chi connectivity index (χ4v) is 3.66. The molecule has 4 rings (SSSR count). The van der Waals surface area contributed by atoms with E-state index in [-0.39, 0.29) is 23.2 Å². The summed E-state index contributed by atoms with van der Waals surface area (Å²) in [6.45, 7) is 1.97. The largest absolute Gasteiger partial charge is 0.344 e. The first-order chi connectivity index (χ1) is 13.6. The number of nitrogens with zero attached hydrogens (tertiary/aromatic N) is 2. The Morgan fingerprint density at radius 3 is 2.54 bits per heavy atom. The number of rotatable bonds is 4. The molecule has 0 spiro atoms. The van der Waals surface area contributed by atoms with Crippen molar-refractivity contribution in [3.8, 4) is 5.69 Å². The Hall–Kier alpha value is -3.21. The molecule has 0 radical (unpaired) electrons. The third-order valence-corrected chi connectivity index (χ3v) is 5.25. The van der Waals surface area contributed by atoms with Crippen LogP contribution in [0.1, 0.15) is 53.0 Å². The van der Waals surface area contributed by atoms with E-state index in [9.17, 15) is 9.59 Å². The van der Waals surface area contributed by atoms with E-state index < -0.39 is 0 Å². The number of aryl methyl sites for hydroxylation is 2. The lowest BCUT2D eigenvalue weighted by Gasteiger charge is -2.20. The van der Waals surface area contributed by atoms with Crippen LogP contribution in [0.25, 0.3) is 5.69 Å². The molecule has 0 aliphatic heterocycles. The van der Waals surface area contributed by atoms with Crippen LogP contribution < -0.4 is 10.9 Å². The second kappa shape index (κ2) is 7.80. The Bertz CT molecular complexity index is 1060. The molecular weight excluding hydrogens is 350 g/mol. The van der Waals surface area contributed by atoms with Gasteiger partial charge in [-0.15, -0.1) is 0 Å². The van der Waals surface area contributed by atoms with Crippen molar-refractivity contribution in [2.24, 2.45) is 0 Å². The Labute approximate surface area is 164 Å². The number of hydrogen-bond acceptors (Lipinski definition) is 3.